The molecule has 8 nitrogen and oxygen atoms in total. The fraction of sp³-hybridized carbons (Fsp3) is 0.125. The third-order valence-electron chi connectivity index (χ3n) is 5.88. The lowest BCUT2D eigenvalue weighted by atomic mass is 9.92. The molecule has 0 aliphatic carbocycles. The molecule has 2 atom stereocenters. The number of nitro groups is 1. The Kier molecular flexibility index (Phi) is 5.12. The predicted molar refractivity (Wildman–Crippen MR) is 120 cm³/mol. The zero-order valence-electron chi connectivity index (χ0n) is 17.7. The van der Waals surface area contributed by atoms with Crippen LogP contribution in [0.1, 0.15) is 11.1 Å². The van der Waals surface area contributed by atoms with Crippen molar-refractivity contribution < 1.29 is 27.7 Å². The first-order valence-corrected chi connectivity index (χ1v) is 10.4. The van der Waals surface area contributed by atoms with Crippen LogP contribution in [0.3, 0.4) is 0 Å². The number of carbonyl (C=O) groups is 2. The molecule has 0 N–H and O–H groups in total. The number of anilines is 2. The number of benzene rings is 3. The van der Waals surface area contributed by atoms with Crippen molar-refractivity contribution >= 4 is 34.6 Å². The average Bonchev–Trinajstić information content (AvgIpc) is 3.36. The van der Waals surface area contributed by atoms with E-state index in [2.05, 4.69) is 5.10 Å². The number of fused-ring (bicyclic) bond motifs is 1. The van der Waals surface area contributed by atoms with E-state index in [4.69, 9.17) is 0 Å². The lowest BCUT2D eigenvalue weighted by Gasteiger charge is -2.22. The largest absolute Gasteiger partial charge is 0.416 e. The molecule has 0 saturated carbocycles. The molecule has 0 spiro atoms. The molecule has 0 radical (unpaired) electrons. The molecule has 2 heterocycles. The summed E-state index contributed by atoms with van der Waals surface area (Å²) in [6.07, 6.45) is -4.65. The second-order valence-corrected chi connectivity index (χ2v) is 7.95. The van der Waals surface area contributed by atoms with E-state index in [1.165, 1.54) is 35.3 Å². The van der Waals surface area contributed by atoms with Crippen molar-refractivity contribution in [2.75, 3.05) is 9.91 Å². The maximum absolute atomic E-state index is 13.5. The van der Waals surface area contributed by atoms with E-state index < -0.39 is 40.4 Å². The normalized spacial score (nSPS) is 19.7. The number of non-ortho nitro benzene ring substituents is 1. The lowest BCUT2D eigenvalue weighted by molar-refractivity contribution is -0.384. The number of imide groups is 1. The first kappa shape index (κ1) is 22.3. The Hall–Kier alpha value is -4.54. The molecule has 1 fully saturated rings. The Morgan fingerprint density at radius 3 is 2.14 bits per heavy atom. The summed E-state index contributed by atoms with van der Waals surface area (Å²) in [7, 11) is 0. The molecule has 11 heteroatoms. The predicted octanol–water partition coefficient (Wildman–Crippen LogP) is 4.40. The highest BCUT2D eigenvalue weighted by atomic mass is 19.4. The summed E-state index contributed by atoms with van der Waals surface area (Å²) >= 11 is 0. The summed E-state index contributed by atoms with van der Waals surface area (Å²) in [6.45, 7) is 0. The second kappa shape index (κ2) is 8.05. The highest BCUT2D eigenvalue weighted by Crippen LogP contribution is 2.40. The van der Waals surface area contributed by atoms with Gasteiger partial charge in [-0.2, -0.15) is 18.3 Å². The summed E-state index contributed by atoms with van der Waals surface area (Å²) < 4.78 is 39.8. The molecular weight excluding hydrogens is 465 g/mol. The van der Waals surface area contributed by atoms with Gasteiger partial charge in [-0.1, -0.05) is 24.3 Å². The zero-order chi connectivity index (χ0) is 24.9. The zero-order valence-corrected chi connectivity index (χ0v) is 17.7. The number of rotatable bonds is 4. The van der Waals surface area contributed by atoms with Crippen LogP contribution in [0.15, 0.2) is 84.0 Å². The van der Waals surface area contributed by atoms with Gasteiger partial charge in [0.2, 0.25) is 5.91 Å². The van der Waals surface area contributed by atoms with Crippen LogP contribution in [0.5, 0.6) is 0 Å². The molecule has 3 aromatic carbocycles. The maximum atomic E-state index is 13.5. The van der Waals surface area contributed by atoms with Gasteiger partial charge in [0, 0.05) is 12.1 Å². The van der Waals surface area contributed by atoms with Crippen LogP contribution >= 0.6 is 0 Å². The molecule has 0 bridgehead atoms. The Balaban J connectivity index is 1.60. The molecule has 1 saturated heterocycles. The van der Waals surface area contributed by atoms with Gasteiger partial charge in [0.1, 0.15) is 12.0 Å². The standard InChI is InChI=1S/C24H15F3N4O4/c25-24(26,27)15-5-4-8-18(13-15)29-22(32)19-20(14-9-11-17(12-10-14)31(34)35)28-30(21(19)23(29)33)16-6-2-1-3-7-16/h1-13,19,21H. The number of hydrogen-bond acceptors (Lipinski definition) is 6. The Labute approximate surface area is 196 Å². The van der Waals surface area contributed by atoms with Gasteiger partial charge in [-0.3, -0.25) is 24.7 Å². The number of hydrazone groups is 1. The van der Waals surface area contributed by atoms with Crippen molar-refractivity contribution in [1.82, 2.24) is 0 Å². The first-order chi connectivity index (χ1) is 16.7. The van der Waals surface area contributed by atoms with Crippen molar-refractivity contribution in [3.8, 4) is 0 Å². The minimum absolute atomic E-state index is 0.164. The summed E-state index contributed by atoms with van der Waals surface area (Å²) in [4.78, 5) is 38.2. The smallest absolute Gasteiger partial charge is 0.273 e. The summed E-state index contributed by atoms with van der Waals surface area (Å²) in [5.41, 5.74) is -0.260. The monoisotopic (exact) mass is 480 g/mol. The maximum Gasteiger partial charge on any atom is 0.416 e. The Morgan fingerprint density at radius 1 is 0.857 bits per heavy atom. The van der Waals surface area contributed by atoms with Gasteiger partial charge in [0.25, 0.3) is 11.6 Å². The first-order valence-electron chi connectivity index (χ1n) is 10.4. The summed E-state index contributed by atoms with van der Waals surface area (Å²) in [5, 5.41) is 16.9. The number of alkyl halides is 3. The van der Waals surface area contributed by atoms with Gasteiger partial charge in [0.05, 0.1) is 27.6 Å². The molecule has 2 unspecified atom stereocenters. The number of carbonyl (C=O) groups excluding carboxylic acids is 2. The molecule has 5 rings (SSSR count). The number of hydrogen-bond donors (Lipinski definition) is 0. The molecule has 3 aromatic rings. The van der Waals surface area contributed by atoms with E-state index in [1.54, 1.807) is 30.3 Å². The number of nitrogens with zero attached hydrogens (tertiary/aromatic N) is 4. The highest BCUT2D eigenvalue weighted by molar-refractivity contribution is 6.34. The third kappa shape index (κ3) is 3.70. The van der Waals surface area contributed by atoms with E-state index in [1.807, 2.05) is 0 Å². The van der Waals surface area contributed by atoms with Crippen LogP contribution in [-0.4, -0.2) is 28.5 Å². The van der Waals surface area contributed by atoms with Crippen molar-refractivity contribution in [1.29, 1.82) is 0 Å². The number of halogens is 3. The number of para-hydroxylation sites is 1. The van der Waals surface area contributed by atoms with Crippen LogP contribution in [-0.2, 0) is 15.8 Å². The molecule has 35 heavy (non-hydrogen) atoms. The van der Waals surface area contributed by atoms with E-state index in [-0.39, 0.29) is 17.1 Å². The van der Waals surface area contributed by atoms with E-state index in [0.717, 1.165) is 23.1 Å². The summed E-state index contributed by atoms with van der Waals surface area (Å²) in [5.74, 6) is -2.56. The molecule has 2 amide bonds. The molecular formula is C24H15F3N4O4. The minimum atomic E-state index is -4.65. The summed E-state index contributed by atoms with van der Waals surface area (Å²) in [6, 6.07) is 16.8. The average molecular weight is 480 g/mol. The van der Waals surface area contributed by atoms with E-state index in [9.17, 15) is 32.9 Å². The quantitative estimate of drug-likeness (QED) is 0.313. The van der Waals surface area contributed by atoms with Gasteiger partial charge < -0.3 is 0 Å². The van der Waals surface area contributed by atoms with Gasteiger partial charge in [-0.15, -0.1) is 0 Å². The van der Waals surface area contributed by atoms with Crippen LogP contribution in [0.4, 0.5) is 30.2 Å². The van der Waals surface area contributed by atoms with Gasteiger partial charge in [-0.25, -0.2) is 4.90 Å². The highest BCUT2D eigenvalue weighted by Gasteiger charge is 2.57. The molecule has 0 aromatic heterocycles. The van der Waals surface area contributed by atoms with Gasteiger partial charge in [-0.05, 0) is 48.0 Å². The topological polar surface area (TPSA) is 96.1 Å². The van der Waals surface area contributed by atoms with Crippen LogP contribution < -0.4 is 9.91 Å². The van der Waals surface area contributed by atoms with E-state index >= 15 is 0 Å². The SMILES string of the molecule is O=C1C2C(c3ccc([N+](=O)[O-])cc3)=NN(c3ccccc3)C2C(=O)N1c1cccc(C(F)(F)F)c1. The Morgan fingerprint density at radius 2 is 1.51 bits per heavy atom. The molecule has 176 valence electrons. The van der Waals surface area contributed by atoms with Crippen LogP contribution in [0.25, 0.3) is 0 Å². The van der Waals surface area contributed by atoms with Crippen molar-refractivity contribution in [3.05, 3.63) is 100 Å². The van der Waals surface area contributed by atoms with Crippen LogP contribution in [0, 0.1) is 16.0 Å². The van der Waals surface area contributed by atoms with Gasteiger partial charge in [0.15, 0.2) is 0 Å². The number of nitro benzene ring substituents is 1. The Bertz CT molecular complexity index is 1370. The van der Waals surface area contributed by atoms with Crippen molar-refractivity contribution in [2.45, 2.75) is 12.2 Å². The van der Waals surface area contributed by atoms with Crippen molar-refractivity contribution in [2.24, 2.45) is 11.0 Å². The van der Waals surface area contributed by atoms with Crippen molar-refractivity contribution in [3.63, 3.8) is 0 Å². The van der Waals surface area contributed by atoms with E-state index in [0.29, 0.717) is 11.3 Å². The third-order valence-corrected chi connectivity index (χ3v) is 5.88. The second-order valence-electron chi connectivity index (χ2n) is 7.95. The van der Waals surface area contributed by atoms with Crippen LogP contribution in [0.2, 0.25) is 0 Å². The minimum Gasteiger partial charge on any atom is -0.273 e. The molecule has 2 aliphatic heterocycles. The molecule has 2 aliphatic rings. The fourth-order valence-electron chi connectivity index (χ4n) is 4.28. The fourth-order valence-corrected chi connectivity index (χ4v) is 4.28. The number of amides is 2. The van der Waals surface area contributed by atoms with Gasteiger partial charge >= 0.3 is 6.18 Å². The lowest BCUT2D eigenvalue weighted by Crippen LogP contribution is -2.39.